The standard InChI is InChI=1S/C13H21N3/c1-3-11-4-6-16(7-5-11)13-8-12(14-2)9-15-10-13/h8-11,14H,3-7H2,1-2H3. The summed E-state index contributed by atoms with van der Waals surface area (Å²) in [7, 11) is 1.93. The molecular weight excluding hydrogens is 198 g/mol. The van der Waals surface area contributed by atoms with Gasteiger partial charge in [-0.3, -0.25) is 4.98 Å². The Balaban J connectivity index is 2.02. The third kappa shape index (κ3) is 2.46. The average molecular weight is 219 g/mol. The molecule has 1 aliphatic heterocycles. The number of piperidine rings is 1. The van der Waals surface area contributed by atoms with Crippen LogP contribution in [0.3, 0.4) is 0 Å². The molecule has 1 aliphatic rings. The molecule has 0 spiro atoms. The largest absolute Gasteiger partial charge is 0.387 e. The second kappa shape index (κ2) is 5.19. The summed E-state index contributed by atoms with van der Waals surface area (Å²) < 4.78 is 0. The normalized spacial score (nSPS) is 17.5. The summed E-state index contributed by atoms with van der Waals surface area (Å²) in [4.78, 5) is 6.71. The number of hydrogen-bond acceptors (Lipinski definition) is 3. The van der Waals surface area contributed by atoms with Crippen LogP contribution in [0, 0.1) is 5.92 Å². The van der Waals surface area contributed by atoms with Crippen LogP contribution in [0.2, 0.25) is 0 Å². The Hall–Kier alpha value is -1.25. The van der Waals surface area contributed by atoms with Gasteiger partial charge in [-0.25, -0.2) is 0 Å². The van der Waals surface area contributed by atoms with Crippen molar-refractivity contribution in [2.45, 2.75) is 26.2 Å². The lowest BCUT2D eigenvalue weighted by Crippen LogP contribution is -2.33. The maximum absolute atomic E-state index is 4.27. The maximum Gasteiger partial charge on any atom is 0.0573 e. The van der Waals surface area contributed by atoms with Crippen LogP contribution in [0.15, 0.2) is 18.5 Å². The monoisotopic (exact) mass is 219 g/mol. The number of pyridine rings is 1. The predicted octanol–water partition coefficient (Wildman–Crippen LogP) is 2.75. The number of rotatable bonds is 3. The van der Waals surface area contributed by atoms with Crippen molar-refractivity contribution in [3.05, 3.63) is 18.5 Å². The van der Waals surface area contributed by atoms with Crippen molar-refractivity contribution in [3.63, 3.8) is 0 Å². The van der Waals surface area contributed by atoms with Crippen LogP contribution in [-0.2, 0) is 0 Å². The van der Waals surface area contributed by atoms with E-state index in [1.165, 1.54) is 38.0 Å². The Bertz CT molecular complexity index is 330. The fourth-order valence-corrected chi connectivity index (χ4v) is 2.34. The third-order valence-corrected chi connectivity index (χ3v) is 3.57. The molecular formula is C13H21N3. The molecule has 1 saturated heterocycles. The summed E-state index contributed by atoms with van der Waals surface area (Å²) in [6.07, 6.45) is 7.79. The van der Waals surface area contributed by atoms with Gasteiger partial charge in [-0.2, -0.15) is 0 Å². The molecule has 0 bridgehead atoms. The molecule has 0 saturated carbocycles. The number of hydrogen-bond donors (Lipinski definition) is 1. The molecule has 2 rings (SSSR count). The van der Waals surface area contributed by atoms with Gasteiger partial charge >= 0.3 is 0 Å². The smallest absolute Gasteiger partial charge is 0.0573 e. The third-order valence-electron chi connectivity index (χ3n) is 3.57. The Labute approximate surface area is 97.9 Å². The lowest BCUT2D eigenvalue weighted by atomic mass is 9.94. The van der Waals surface area contributed by atoms with Crippen molar-refractivity contribution < 1.29 is 0 Å². The van der Waals surface area contributed by atoms with Gasteiger partial charge in [0.2, 0.25) is 0 Å². The topological polar surface area (TPSA) is 28.2 Å². The molecule has 0 radical (unpaired) electrons. The molecule has 1 aromatic heterocycles. The van der Waals surface area contributed by atoms with Gasteiger partial charge in [0.1, 0.15) is 0 Å². The van der Waals surface area contributed by atoms with Crippen LogP contribution in [-0.4, -0.2) is 25.1 Å². The molecule has 0 amide bonds. The second-order valence-electron chi connectivity index (χ2n) is 4.52. The summed E-state index contributed by atoms with van der Waals surface area (Å²) in [6.45, 7) is 4.64. The molecule has 0 aromatic carbocycles. The Morgan fingerprint density at radius 2 is 2.12 bits per heavy atom. The van der Waals surface area contributed by atoms with Gasteiger partial charge in [0, 0.05) is 20.1 Å². The average Bonchev–Trinajstić information content (AvgIpc) is 2.39. The quantitative estimate of drug-likeness (QED) is 0.847. The minimum absolute atomic E-state index is 0.927. The molecule has 0 aliphatic carbocycles. The van der Waals surface area contributed by atoms with Gasteiger partial charge in [0.05, 0.1) is 23.8 Å². The summed E-state index contributed by atoms with van der Waals surface area (Å²) >= 11 is 0. The predicted molar refractivity (Wildman–Crippen MR) is 69.0 cm³/mol. The second-order valence-corrected chi connectivity index (χ2v) is 4.52. The Morgan fingerprint density at radius 1 is 1.38 bits per heavy atom. The molecule has 0 atom stereocenters. The van der Waals surface area contributed by atoms with E-state index in [0.717, 1.165) is 11.6 Å². The zero-order chi connectivity index (χ0) is 11.4. The van der Waals surface area contributed by atoms with Gasteiger partial charge in [-0.05, 0) is 24.8 Å². The zero-order valence-electron chi connectivity index (χ0n) is 10.2. The molecule has 88 valence electrons. The van der Waals surface area contributed by atoms with Crippen LogP contribution in [0.4, 0.5) is 11.4 Å². The van der Waals surface area contributed by atoms with Crippen molar-refractivity contribution >= 4 is 11.4 Å². The SMILES string of the molecule is CCC1CCN(c2cncc(NC)c2)CC1. The molecule has 1 N–H and O–H groups in total. The van der Waals surface area contributed by atoms with Gasteiger partial charge in [-0.1, -0.05) is 13.3 Å². The van der Waals surface area contributed by atoms with E-state index in [0.29, 0.717) is 0 Å². The highest BCUT2D eigenvalue weighted by Gasteiger charge is 2.18. The summed E-state index contributed by atoms with van der Waals surface area (Å²) in [5.41, 5.74) is 2.34. The van der Waals surface area contributed by atoms with Crippen LogP contribution in [0.25, 0.3) is 0 Å². The first-order chi connectivity index (χ1) is 7.83. The molecule has 1 aromatic rings. The summed E-state index contributed by atoms with van der Waals surface area (Å²) in [5, 5.41) is 3.14. The zero-order valence-corrected chi connectivity index (χ0v) is 10.2. The van der Waals surface area contributed by atoms with Crippen molar-refractivity contribution in [3.8, 4) is 0 Å². The molecule has 1 fully saturated rings. The minimum Gasteiger partial charge on any atom is -0.387 e. The van der Waals surface area contributed by atoms with E-state index in [4.69, 9.17) is 0 Å². The highest BCUT2D eigenvalue weighted by Crippen LogP contribution is 2.25. The van der Waals surface area contributed by atoms with Crippen LogP contribution in [0.5, 0.6) is 0 Å². The van der Waals surface area contributed by atoms with E-state index in [2.05, 4.69) is 28.2 Å². The van der Waals surface area contributed by atoms with E-state index in [9.17, 15) is 0 Å². The van der Waals surface area contributed by atoms with E-state index >= 15 is 0 Å². The molecule has 0 unspecified atom stereocenters. The summed E-state index contributed by atoms with van der Waals surface area (Å²) in [5.74, 6) is 0.927. The van der Waals surface area contributed by atoms with Gasteiger partial charge < -0.3 is 10.2 Å². The maximum atomic E-state index is 4.27. The number of anilines is 2. The minimum atomic E-state index is 0.927. The fourth-order valence-electron chi connectivity index (χ4n) is 2.34. The van der Waals surface area contributed by atoms with Crippen molar-refractivity contribution in [2.24, 2.45) is 5.92 Å². The van der Waals surface area contributed by atoms with Gasteiger partial charge in [-0.15, -0.1) is 0 Å². The van der Waals surface area contributed by atoms with Crippen molar-refractivity contribution in [1.29, 1.82) is 0 Å². The highest BCUT2D eigenvalue weighted by atomic mass is 15.1. The van der Waals surface area contributed by atoms with Gasteiger partial charge in [0.25, 0.3) is 0 Å². The van der Waals surface area contributed by atoms with E-state index in [1.807, 2.05) is 19.4 Å². The molecule has 3 heteroatoms. The first kappa shape index (κ1) is 11.2. The lowest BCUT2D eigenvalue weighted by molar-refractivity contribution is 0.395. The van der Waals surface area contributed by atoms with Crippen molar-refractivity contribution in [1.82, 2.24) is 4.98 Å². The molecule has 2 heterocycles. The highest BCUT2D eigenvalue weighted by molar-refractivity contribution is 5.55. The van der Waals surface area contributed by atoms with E-state index in [-0.39, 0.29) is 0 Å². The van der Waals surface area contributed by atoms with Crippen molar-refractivity contribution in [2.75, 3.05) is 30.4 Å². The van der Waals surface area contributed by atoms with E-state index in [1.54, 1.807) is 0 Å². The number of nitrogens with one attached hydrogen (secondary N) is 1. The first-order valence-electron chi connectivity index (χ1n) is 6.21. The lowest BCUT2D eigenvalue weighted by Gasteiger charge is -2.33. The van der Waals surface area contributed by atoms with Crippen LogP contribution in [0.1, 0.15) is 26.2 Å². The molecule has 3 nitrogen and oxygen atoms in total. The fraction of sp³-hybridized carbons (Fsp3) is 0.615. The number of nitrogens with zero attached hydrogens (tertiary/aromatic N) is 2. The van der Waals surface area contributed by atoms with Gasteiger partial charge in [0.15, 0.2) is 0 Å². The number of aromatic nitrogens is 1. The summed E-state index contributed by atoms with van der Waals surface area (Å²) in [6, 6.07) is 2.18. The van der Waals surface area contributed by atoms with E-state index < -0.39 is 0 Å². The molecule has 16 heavy (non-hydrogen) atoms. The Kier molecular flexibility index (Phi) is 3.65. The van der Waals surface area contributed by atoms with Crippen LogP contribution < -0.4 is 10.2 Å². The Morgan fingerprint density at radius 3 is 2.75 bits per heavy atom. The first-order valence-corrected chi connectivity index (χ1v) is 6.21. The van der Waals surface area contributed by atoms with Crippen LogP contribution >= 0.6 is 0 Å².